The summed E-state index contributed by atoms with van der Waals surface area (Å²) < 4.78 is 83.2. The van der Waals surface area contributed by atoms with Crippen LogP contribution in [0, 0.1) is 11.6 Å². The van der Waals surface area contributed by atoms with E-state index >= 15 is 0 Å². The largest absolute Gasteiger partial charge is 0.408 e. The first-order valence-electron chi connectivity index (χ1n) is 11.5. The molecule has 8 nitrogen and oxygen atoms in total. The van der Waals surface area contributed by atoms with Gasteiger partial charge in [0.05, 0.1) is 17.6 Å². The van der Waals surface area contributed by atoms with Crippen LogP contribution in [-0.2, 0) is 0 Å². The Morgan fingerprint density at radius 2 is 1.95 bits per heavy atom. The summed E-state index contributed by atoms with van der Waals surface area (Å²) in [7, 11) is 0. The lowest BCUT2D eigenvalue weighted by Crippen LogP contribution is -2.53. The lowest BCUT2D eigenvalue weighted by molar-refractivity contribution is -0.211. The Kier molecular flexibility index (Phi) is 7.14. The SMILES string of the molecule is CCC(NC(=O)c1cn(-c2ccc(F)cc2F)c2nc(N3CCC(O)(O)C(F)C3)ccc2c1=O)C(F)(F)F. The Hall–Kier alpha value is -3.65. The van der Waals surface area contributed by atoms with Gasteiger partial charge < -0.3 is 20.4 Å². The zero-order valence-electron chi connectivity index (χ0n) is 19.8. The van der Waals surface area contributed by atoms with Crippen molar-refractivity contribution in [1.82, 2.24) is 14.9 Å². The van der Waals surface area contributed by atoms with E-state index in [4.69, 9.17) is 0 Å². The van der Waals surface area contributed by atoms with E-state index in [1.807, 2.05) is 0 Å². The number of hydrogen-bond acceptors (Lipinski definition) is 6. The van der Waals surface area contributed by atoms with E-state index < -0.39 is 65.7 Å². The van der Waals surface area contributed by atoms with E-state index in [1.165, 1.54) is 24.0 Å². The summed E-state index contributed by atoms with van der Waals surface area (Å²) in [5.41, 5.74) is -2.37. The second kappa shape index (κ2) is 9.91. The van der Waals surface area contributed by atoms with Crippen LogP contribution in [0.25, 0.3) is 16.7 Å². The quantitative estimate of drug-likeness (QED) is 0.337. The third-order valence-corrected chi connectivity index (χ3v) is 6.31. The molecule has 1 saturated heterocycles. The Labute approximate surface area is 211 Å². The maximum Gasteiger partial charge on any atom is 0.408 e. The number of carbonyl (C=O) groups is 1. The van der Waals surface area contributed by atoms with Crippen molar-refractivity contribution < 1.29 is 41.4 Å². The first-order chi connectivity index (χ1) is 17.7. The minimum Gasteiger partial charge on any atom is -0.363 e. The molecule has 1 aliphatic rings. The average Bonchev–Trinajstić information content (AvgIpc) is 2.84. The first kappa shape index (κ1) is 27.4. The molecule has 3 aromatic rings. The molecule has 2 atom stereocenters. The highest BCUT2D eigenvalue weighted by Crippen LogP contribution is 2.28. The first-order valence-corrected chi connectivity index (χ1v) is 11.5. The molecule has 0 bridgehead atoms. The Morgan fingerprint density at radius 3 is 2.55 bits per heavy atom. The molecule has 2 aromatic heterocycles. The van der Waals surface area contributed by atoms with Crippen molar-refractivity contribution >= 4 is 22.8 Å². The van der Waals surface area contributed by atoms with Gasteiger partial charge in [0, 0.05) is 25.2 Å². The number of nitrogens with one attached hydrogen (secondary N) is 1. The molecule has 2 unspecified atom stereocenters. The third kappa shape index (κ3) is 5.18. The lowest BCUT2D eigenvalue weighted by atomic mass is 10.0. The third-order valence-electron chi connectivity index (χ3n) is 6.31. The van der Waals surface area contributed by atoms with Crippen molar-refractivity contribution in [1.29, 1.82) is 0 Å². The lowest BCUT2D eigenvalue weighted by Gasteiger charge is -2.37. The Balaban J connectivity index is 1.88. The number of rotatable bonds is 5. The van der Waals surface area contributed by atoms with Crippen molar-refractivity contribution in [3.8, 4) is 5.69 Å². The predicted molar refractivity (Wildman–Crippen MR) is 124 cm³/mol. The number of carbonyl (C=O) groups excluding carboxylic acids is 1. The summed E-state index contributed by atoms with van der Waals surface area (Å²) in [4.78, 5) is 31.5. The Bertz CT molecular complexity index is 1440. The molecule has 0 aliphatic carbocycles. The van der Waals surface area contributed by atoms with Gasteiger partial charge in [-0.15, -0.1) is 0 Å². The van der Waals surface area contributed by atoms with Crippen LogP contribution < -0.4 is 15.6 Å². The van der Waals surface area contributed by atoms with Crippen LogP contribution in [-0.4, -0.2) is 62.9 Å². The fourth-order valence-electron chi connectivity index (χ4n) is 4.14. The van der Waals surface area contributed by atoms with Crippen LogP contribution in [0.4, 0.5) is 32.2 Å². The summed E-state index contributed by atoms with van der Waals surface area (Å²) in [6, 6.07) is 2.61. The number of piperidine rings is 1. The van der Waals surface area contributed by atoms with Crippen LogP contribution >= 0.6 is 0 Å². The number of amides is 1. The van der Waals surface area contributed by atoms with E-state index in [0.717, 1.165) is 22.9 Å². The number of benzene rings is 1. The molecule has 1 amide bonds. The fourth-order valence-corrected chi connectivity index (χ4v) is 4.14. The van der Waals surface area contributed by atoms with Crippen molar-refractivity contribution in [2.24, 2.45) is 0 Å². The number of anilines is 1. The number of fused-ring (bicyclic) bond motifs is 1. The molecule has 38 heavy (non-hydrogen) atoms. The van der Waals surface area contributed by atoms with Crippen LogP contribution in [0.5, 0.6) is 0 Å². The zero-order chi connectivity index (χ0) is 28.0. The number of halogens is 6. The van der Waals surface area contributed by atoms with Gasteiger partial charge in [0.2, 0.25) is 5.43 Å². The van der Waals surface area contributed by atoms with Gasteiger partial charge in [-0.2, -0.15) is 13.2 Å². The highest BCUT2D eigenvalue weighted by atomic mass is 19.4. The average molecular weight is 544 g/mol. The predicted octanol–water partition coefficient (Wildman–Crippen LogP) is 2.96. The highest BCUT2D eigenvalue weighted by molar-refractivity contribution is 5.97. The molecule has 3 heterocycles. The number of aromatic nitrogens is 2. The minimum atomic E-state index is -4.79. The molecule has 0 saturated carbocycles. The standard InChI is InChI=1S/C24H22F6N4O4/c1-2-18(24(28,29)30)31-22(36)14-10-34(16-5-3-12(25)9-15(16)26)21-13(20(14)35)4-6-19(32-21)33-8-7-23(37,38)17(27)11-33/h3-6,9-10,17-18,37-38H,2,7-8,11H2,1H3,(H,31,36). The minimum absolute atomic E-state index is 0.0442. The van der Waals surface area contributed by atoms with Gasteiger partial charge in [-0.3, -0.25) is 14.2 Å². The van der Waals surface area contributed by atoms with Crippen molar-refractivity contribution in [2.45, 2.75) is 43.9 Å². The van der Waals surface area contributed by atoms with Gasteiger partial charge in [-0.1, -0.05) is 6.92 Å². The summed E-state index contributed by atoms with van der Waals surface area (Å²) in [5, 5.41) is 20.8. The van der Waals surface area contributed by atoms with Gasteiger partial charge in [0.15, 0.2) is 17.6 Å². The van der Waals surface area contributed by atoms with Crippen LogP contribution in [0.1, 0.15) is 30.1 Å². The smallest absolute Gasteiger partial charge is 0.363 e. The summed E-state index contributed by atoms with van der Waals surface area (Å²) in [6.07, 6.45) is -6.93. The van der Waals surface area contributed by atoms with Crippen LogP contribution in [0.15, 0.2) is 41.3 Å². The number of pyridine rings is 2. The highest BCUT2D eigenvalue weighted by Gasteiger charge is 2.41. The molecule has 14 heteroatoms. The molecule has 1 aromatic carbocycles. The number of alkyl halides is 4. The zero-order valence-corrected chi connectivity index (χ0v) is 19.8. The van der Waals surface area contributed by atoms with E-state index in [1.54, 1.807) is 5.32 Å². The molecule has 0 spiro atoms. The van der Waals surface area contributed by atoms with E-state index in [2.05, 4.69) is 4.98 Å². The number of hydrogen-bond donors (Lipinski definition) is 3. The maximum absolute atomic E-state index is 14.8. The molecule has 1 aliphatic heterocycles. The topological polar surface area (TPSA) is 108 Å². The second-order valence-corrected chi connectivity index (χ2v) is 8.90. The van der Waals surface area contributed by atoms with Crippen molar-refractivity contribution in [3.63, 3.8) is 0 Å². The maximum atomic E-state index is 14.8. The molecular formula is C24H22F6N4O4. The molecular weight excluding hydrogens is 522 g/mol. The molecule has 1 fully saturated rings. The summed E-state index contributed by atoms with van der Waals surface area (Å²) >= 11 is 0. The van der Waals surface area contributed by atoms with E-state index in [-0.39, 0.29) is 35.5 Å². The van der Waals surface area contributed by atoms with E-state index in [9.17, 15) is 46.1 Å². The molecule has 0 radical (unpaired) electrons. The van der Waals surface area contributed by atoms with Gasteiger partial charge >= 0.3 is 6.18 Å². The van der Waals surface area contributed by atoms with Crippen LogP contribution in [0.2, 0.25) is 0 Å². The van der Waals surface area contributed by atoms with Gasteiger partial charge in [-0.25, -0.2) is 18.2 Å². The monoisotopic (exact) mass is 544 g/mol. The van der Waals surface area contributed by atoms with Gasteiger partial charge in [0.25, 0.3) is 5.91 Å². The van der Waals surface area contributed by atoms with E-state index in [0.29, 0.717) is 6.07 Å². The van der Waals surface area contributed by atoms with Gasteiger partial charge in [-0.05, 0) is 30.7 Å². The summed E-state index contributed by atoms with van der Waals surface area (Å²) in [6.45, 7) is 0.672. The second-order valence-electron chi connectivity index (χ2n) is 8.90. The molecule has 4 rings (SSSR count). The Morgan fingerprint density at radius 1 is 1.24 bits per heavy atom. The molecule has 3 N–H and O–H groups in total. The fraction of sp³-hybridized carbons (Fsp3) is 0.375. The normalized spacial score (nSPS) is 18.4. The number of aliphatic hydroxyl groups is 2. The van der Waals surface area contributed by atoms with Crippen molar-refractivity contribution in [3.05, 3.63) is 63.9 Å². The van der Waals surface area contributed by atoms with Crippen LogP contribution in [0.3, 0.4) is 0 Å². The number of nitrogens with zero attached hydrogens (tertiary/aromatic N) is 3. The molecule has 204 valence electrons. The van der Waals surface area contributed by atoms with Gasteiger partial charge in [0.1, 0.15) is 29.1 Å². The summed E-state index contributed by atoms with van der Waals surface area (Å²) in [5.74, 6) is -5.89. The van der Waals surface area contributed by atoms with Crippen molar-refractivity contribution in [2.75, 3.05) is 18.0 Å².